The highest BCUT2D eigenvalue weighted by Crippen LogP contribution is 2.22. The molecule has 0 unspecified atom stereocenters. The van der Waals surface area contributed by atoms with Crippen molar-refractivity contribution in [2.24, 2.45) is 0 Å². The number of benzene rings is 2. The third kappa shape index (κ3) is 4.19. The minimum absolute atomic E-state index is 0.00233. The van der Waals surface area contributed by atoms with Crippen LogP contribution in [0.1, 0.15) is 46.3 Å². The summed E-state index contributed by atoms with van der Waals surface area (Å²) in [5, 5.41) is 2.97. The molecule has 3 heteroatoms. The van der Waals surface area contributed by atoms with E-state index in [2.05, 4.69) is 11.4 Å². The van der Waals surface area contributed by atoms with Crippen molar-refractivity contribution in [1.82, 2.24) is 5.32 Å². The van der Waals surface area contributed by atoms with Crippen LogP contribution in [0.25, 0.3) is 0 Å². The molecule has 0 aliphatic heterocycles. The van der Waals surface area contributed by atoms with Gasteiger partial charge in [-0.2, -0.15) is 0 Å². The van der Waals surface area contributed by atoms with Crippen LogP contribution in [0, 0.1) is 5.82 Å². The highest BCUT2D eigenvalue weighted by atomic mass is 19.1. The van der Waals surface area contributed by atoms with Gasteiger partial charge in [-0.25, -0.2) is 4.39 Å². The van der Waals surface area contributed by atoms with Crippen LogP contribution in [0.5, 0.6) is 0 Å². The maximum absolute atomic E-state index is 12.8. The average molecular weight is 311 g/mol. The standard InChI is InChI=1S/C20H22FNO/c21-19-11-7-15(8-12-19)4-3-13-22-20(23)18-10-9-16-5-1-2-6-17(16)14-18/h7-12,14H,1-6,13H2,(H,22,23). The molecule has 0 aromatic heterocycles. The van der Waals surface area contributed by atoms with E-state index in [0.29, 0.717) is 6.54 Å². The summed E-state index contributed by atoms with van der Waals surface area (Å²) >= 11 is 0. The molecule has 1 aliphatic carbocycles. The number of hydrogen-bond acceptors (Lipinski definition) is 1. The van der Waals surface area contributed by atoms with E-state index in [9.17, 15) is 9.18 Å². The number of amides is 1. The number of carbonyl (C=O) groups is 1. The van der Waals surface area contributed by atoms with Gasteiger partial charge in [0.15, 0.2) is 0 Å². The summed E-state index contributed by atoms with van der Waals surface area (Å²) < 4.78 is 12.8. The van der Waals surface area contributed by atoms with E-state index >= 15 is 0 Å². The van der Waals surface area contributed by atoms with Gasteiger partial charge in [0.2, 0.25) is 0 Å². The van der Waals surface area contributed by atoms with Crippen LogP contribution < -0.4 is 5.32 Å². The SMILES string of the molecule is O=C(NCCCc1ccc(F)cc1)c1ccc2c(c1)CCCC2. The lowest BCUT2D eigenvalue weighted by Gasteiger charge is -2.16. The van der Waals surface area contributed by atoms with Crippen LogP contribution in [0.2, 0.25) is 0 Å². The normalized spacial score (nSPS) is 13.4. The van der Waals surface area contributed by atoms with E-state index in [4.69, 9.17) is 0 Å². The van der Waals surface area contributed by atoms with E-state index < -0.39 is 0 Å². The van der Waals surface area contributed by atoms with Gasteiger partial charge >= 0.3 is 0 Å². The van der Waals surface area contributed by atoms with Crippen LogP contribution in [-0.2, 0) is 19.3 Å². The zero-order valence-electron chi connectivity index (χ0n) is 13.3. The number of nitrogens with one attached hydrogen (secondary N) is 1. The average Bonchev–Trinajstić information content (AvgIpc) is 2.59. The van der Waals surface area contributed by atoms with Crippen LogP contribution in [0.15, 0.2) is 42.5 Å². The minimum atomic E-state index is -0.213. The number of aryl methyl sites for hydroxylation is 3. The van der Waals surface area contributed by atoms with Crippen LogP contribution in [0.4, 0.5) is 4.39 Å². The van der Waals surface area contributed by atoms with E-state index in [1.807, 2.05) is 12.1 Å². The lowest BCUT2D eigenvalue weighted by molar-refractivity contribution is 0.0953. The molecule has 2 nitrogen and oxygen atoms in total. The summed E-state index contributed by atoms with van der Waals surface area (Å²) in [4.78, 5) is 12.2. The molecular weight excluding hydrogens is 289 g/mol. The fraction of sp³-hybridized carbons (Fsp3) is 0.350. The molecule has 120 valence electrons. The largest absolute Gasteiger partial charge is 0.352 e. The molecule has 0 fully saturated rings. The van der Waals surface area contributed by atoms with E-state index in [-0.39, 0.29) is 11.7 Å². The maximum atomic E-state index is 12.8. The maximum Gasteiger partial charge on any atom is 0.251 e. The summed E-state index contributed by atoms with van der Waals surface area (Å²) in [7, 11) is 0. The van der Waals surface area contributed by atoms with Gasteiger partial charge in [0.25, 0.3) is 5.91 Å². The summed E-state index contributed by atoms with van der Waals surface area (Å²) in [6, 6.07) is 12.6. The first-order chi connectivity index (χ1) is 11.2. The molecule has 2 aromatic carbocycles. The number of rotatable bonds is 5. The van der Waals surface area contributed by atoms with Crippen molar-refractivity contribution >= 4 is 5.91 Å². The first kappa shape index (κ1) is 15.7. The quantitative estimate of drug-likeness (QED) is 0.829. The smallest absolute Gasteiger partial charge is 0.251 e. The number of carbonyl (C=O) groups excluding carboxylic acids is 1. The number of halogens is 1. The molecule has 2 aromatic rings. The fourth-order valence-electron chi connectivity index (χ4n) is 3.12. The molecule has 1 aliphatic rings. The first-order valence-corrected chi connectivity index (χ1v) is 8.37. The summed E-state index contributed by atoms with van der Waals surface area (Å²) in [5.41, 5.74) is 4.57. The van der Waals surface area contributed by atoms with Crippen molar-refractivity contribution in [3.63, 3.8) is 0 Å². The molecule has 1 amide bonds. The van der Waals surface area contributed by atoms with Crippen molar-refractivity contribution in [2.75, 3.05) is 6.54 Å². The molecule has 0 spiro atoms. The van der Waals surface area contributed by atoms with E-state index in [0.717, 1.165) is 36.8 Å². The molecule has 0 radical (unpaired) electrons. The van der Waals surface area contributed by atoms with Gasteiger partial charge in [-0.3, -0.25) is 4.79 Å². The van der Waals surface area contributed by atoms with Crippen LogP contribution in [0.3, 0.4) is 0 Å². The summed E-state index contributed by atoms with van der Waals surface area (Å²) in [6.45, 7) is 0.632. The van der Waals surface area contributed by atoms with Crippen molar-refractivity contribution in [2.45, 2.75) is 38.5 Å². The molecule has 0 bridgehead atoms. The predicted octanol–water partition coefficient (Wildman–Crippen LogP) is 4.07. The molecule has 0 saturated carbocycles. The highest BCUT2D eigenvalue weighted by molar-refractivity contribution is 5.94. The Hall–Kier alpha value is -2.16. The van der Waals surface area contributed by atoms with Gasteiger partial charge in [0.05, 0.1) is 0 Å². The van der Waals surface area contributed by atoms with Gasteiger partial charge in [0.1, 0.15) is 5.82 Å². The first-order valence-electron chi connectivity index (χ1n) is 8.37. The Morgan fingerprint density at radius 3 is 2.52 bits per heavy atom. The molecule has 23 heavy (non-hydrogen) atoms. The van der Waals surface area contributed by atoms with Gasteiger partial charge in [-0.15, -0.1) is 0 Å². The topological polar surface area (TPSA) is 29.1 Å². The van der Waals surface area contributed by atoms with Gasteiger partial charge in [0, 0.05) is 12.1 Å². The summed E-state index contributed by atoms with van der Waals surface area (Å²) in [6.07, 6.45) is 6.38. The monoisotopic (exact) mass is 311 g/mol. The Bertz CT molecular complexity index is 679. The third-order valence-electron chi connectivity index (χ3n) is 4.45. The third-order valence-corrected chi connectivity index (χ3v) is 4.45. The van der Waals surface area contributed by atoms with Crippen molar-refractivity contribution in [3.8, 4) is 0 Å². The Morgan fingerprint density at radius 2 is 1.74 bits per heavy atom. The zero-order valence-corrected chi connectivity index (χ0v) is 13.3. The second kappa shape index (κ2) is 7.40. The number of fused-ring (bicyclic) bond motifs is 1. The molecule has 0 saturated heterocycles. The Balaban J connectivity index is 1.48. The predicted molar refractivity (Wildman–Crippen MR) is 90.1 cm³/mol. The Labute approximate surface area is 136 Å². The second-order valence-electron chi connectivity index (χ2n) is 6.18. The molecular formula is C20H22FNO. The van der Waals surface area contributed by atoms with E-state index in [1.54, 1.807) is 12.1 Å². The molecule has 0 heterocycles. The van der Waals surface area contributed by atoms with Crippen molar-refractivity contribution < 1.29 is 9.18 Å². The number of hydrogen-bond donors (Lipinski definition) is 1. The van der Waals surface area contributed by atoms with Crippen LogP contribution >= 0.6 is 0 Å². The Kier molecular flexibility index (Phi) is 5.06. The van der Waals surface area contributed by atoms with Crippen LogP contribution in [-0.4, -0.2) is 12.5 Å². The van der Waals surface area contributed by atoms with Crippen molar-refractivity contribution in [3.05, 3.63) is 70.5 Å². The summed E-state index contributed by atoms with van der Waals surface area (Å²) in [5.74, 6) is -0.216. The lowest BCUT2D eigenvalue weighted by Crippen LogP contribution is -2.25. The molecule has 3 rings (SSSR count). The lowest BCUT2D eigenvalue weighted by atomic mass is 9.90. The van der Waals surface area contributed by atoms with Gasteiger partial charge in [-0.05, 0) is 79.5 Å². The highest BCUT2D eigenvalue weighted by Gasteiger charge is 2.12. The minimum Gasteiger partial charge on any atom is -0.352 e. The van der Waals surface area contributed by atoms with Crippen molar-refractivity contribution in [1.29, 1.82) is 0 Å². The Morgan fingerprint density at radius 1 is 1.00 bits per heavy atom. The van der Waals surface area contributed by atoms with Gasteiger partial charge in [-0.1, -0.05) is 18.2 Å². The molecule has 0 atom stereocenters. The van der Waals surface area contributed by atoms with Gasteiger partial charge < -0.3 is 5.32 Å². The fourth-order valence-corrected chi connectivity index (χ4v) is 3.12. The molecule has 1 N–H and O–H groups in total. The second-order valence-corrected chi connectivity index (χ2v) is 6.18. The zero-order chi connectivity index (χ0) is 16.1. The van der Waals surface area contributed by atoms with E-state index in [1.165, 1.54) is 36.1 Å².